The quantitative estimate of drug-likeness (QED) is 0.806. The number of hydrogen-bond acceptors (Lipinski definition) is 2. The highest BCUT2D eigenvalue weighted by atomic mass is 35.5. The zero-order chi connectivity index (χ0) is 13.7. The van der Waals surface area contributed by atoms with Crippen LogP contribution in [0.5, 0.6) is 0 Å². The first-order valence-electron chi connectivity index (χ1n) is 6.42. The van der Waals surface area contributed by atoms with E-state index in [9.17, 15) is 4.39 Å². The molecule has 1 aromatic carbocycles. The summed E-state index contributed by atoms with van der Waals surface area (Å²) in [5.74, 6) is -0.184. The van der Waals surface area contributed by atoms with E-state index in [1.54, 1.807) is 23.5 Å². The van der Waals surface area contributed by atoms with Crippen molar-refractivity contribution in [2.24, 2.45) is 0 Å². The summed E-state index contributed by atoms with van der Waals surface area (Å²) in [5, 5.41) is 3.50. The van der Waals surface area contributed by atoms with Crippen molar-refractivity contribution in [3.8, 4) is 0 Å². The summed E-state index contributed by atoms with van der Waals surface area (Å²) in [4.78, 5) is 1.20. The lowest BCUT2D eigenvalue weighted by Crippen LogP contribution is -2.23. The van der Waals surface area contributed by atoms with Crippen LogP contribution in [0.15, 0.2) is 36.4 Å². The Morgan fingerprint density at radius 3 is 2.79 bits per heavy atom. The van der Waals surface area contributed by atoms with Crippen molar-refractivity contribution in [1.82, 2.24) is 5.32 Å². The number of hydrogen-bond donors (Lipinski definition) is 1. The van der Waals surface area contributed by atoms with Gasteiger partial charge in [-0.05, 0) is 49.2 Å². The molecule has 1 heterocycles. The fraction of sp³-hybridized carbons (Fsp3) is 0.333. The summed E-state index contributed by atoms with van der Waals surface area (Å²) in [6.07, 6.45) is 1.84. The third kappa shape index (κ3) is 4.30. The van der Waals surface area contributed by atoms with Gasteiger partial charge < -0.3 is 5.32 Å². The van der Waals surface area contributed by atoms with Crippen molar-refractivity contribution in [3.63, 3.8) is 0 Å². The SMILES string of the molecule is CCCNC(Cc1cccc(F)c1)c1ccc(Cl)s1. The highest BCUT2D eigenvalue weighted by molar-refractivity contribution is 7.16. The molecule has 2 aromatic rings. The van der Waals surface area contributed by atoms with E-state index in [4.69, 9.17) is 11.6 Å². The predicted molar refractivity (Wildman–Crippen MR) is 80.5 cm³/mol. The molecule has 4 heteroatoms. The van der Waals surface area contributed by atoms with Crippen LogP contribution in [-0.2, 0) is 6.42 Å². The molecular formula is C15H17ClFNS. The van der Waals surface area contributed by atoms with Crippen molar-refractivity contribution in [3.05, 3.63) is 57.0 Å². The predicted octanol–water partition coefficient (Wildman–Crippen LogP) is 4.82. The van der Waals surface area contributed by atoms with Crippen LogP contribution in [-0.4, -0.2) is 6.54 Å². The molecule has 0 spiro atoms. The van der Waals surface area contributed by atoms with E-state index in [0.717, 1.165) is 29.3 Å². The second-order valence-corrected chi connectivity index (χ2v) is 6.23. The number of rotatable bonds is 6. The van der Waals surface area contributed by atoms with Gasteiger partial charge in [0.2, 0.25) is 0 Å². The summed E-state index contributed by atoms with van der Waals surface area (Å²) in [6, 6.07) is 10.9. The van der Waals surface area contributed by atoms with E-state index < -0.39 is 0 Å². The minimum absolute atomic E-state index is 0.184. The van der Waals surface area contributed by atoms with Crippen LogP contribution in [0.25, 0.3) is 0 Å². The monoisotopic (exact) mass is 297 g/mol. The number of thiophene rings is 1. The first-order chi connectivity index (χ1) is 9.19. The number of benzene rings is 1. The largest absolute Gasteiger partial charge is 0.309 e. The third-order valence-corrected chi connectivity index (χ3v) is 4.25. The molecule has 2 rings (SSSR count). The summed E-state index contributed by atoms with van der Waals surface area (Å²) < 4.78 is 14.0. The summed E-state index contributed by atoms with van der Waals surface area (Å²) >= 11 is 7.58. The minimum Gasteiger partial charge on any atom is -0.309 e. The van der Waals surface area contributed by atoms with E-state index in [2.05, 4.69) is 12.2 Å². The van der Waals surface area contributed by atoms with Gasteiger partial charge in [-0.1, -0.05) is 30.7 Å². The molecule has 1 atom stereocenters. The molecule has 0 radical (unpaired) electrons. The van der Waals surface area contributed by atoms with Crippen LogP contribution in [0, 0.1) is 5.82 Å². The maximum absolute atomic E-state index is 13.2. The summed E-state index contributed by atoms with van der Waals surface area (Å²) in [6.45, 7) is 3.07. The standard InChI is InChI=1S/C15H17ClFNS/c1-2-8-18-13(14-6-7-15(16)19-14)10-11-4-3-5-12(17)9-11/h3-7,9,13,18H,2,8,10H2,1H3. The molecule has 0 saturated carbocycles. The van der Waals surface area contributed by atoms with E-state index in [-0.39, 0.29) is 11.9 Å². The smallest absolute Gasteiger partial charge is 0.123 e. The Labute approximate surface area is 122 Å². The molecule has 0 saturated heterocycles. The molecule has 1 aromatic heterocycles. The van der Waals surface area contributed by atoms with E-state index in [1.807, 2.05) is 18.2 Å². The van der Waals surface area contributed by atoms with Crippen molar-refractivity contribution in [1.29, 1.82) is 0 Å². The van der Waals surface area contributed by atoms with Gasteiger partial charge in [0.1, 0.15) is 5.82 Å². The zero-order valence-corrected chi connectivity index (χ0v) is 12.4. The van der Waals surface area contributed by atoms with Crippen LogP contribution in [0.3, 0.4) is 0 Å². The molecule has 0 aliphatic rings. The van der Waals surface area contributed by atoms with E-state index in [1.165, 1.54) is 10.9 Å². The molecule has 1 unspecified atom stereocenters. The zero-order valence-electron chi connectivity index (χ0n) is 10.8. The Bertz CT molecular complexity index is 526. The van der Waals surface area contributed by atoms with Gasteiger partial charge in [0, 0.05) is 10.9 Å². The van der Waals surface area contributed by atoms with Gasteiger partial charge in [-0.3, -0.25) is 0 Å². The molecule has 102 valence electrons. The fourth-order valence-electron chi connectivity index (χ4n) is 2.01. The fourth-order valence-corrected chi connectivity index (χ4v) is 3.14. The molecule has 0 aliphatic heterocycles. The van der Waals surface area contributed by atoms with Crippen LogP contribution in [0.2, 0.25) is 4.34 Å². The lowest BCUT2D eigenvalue weighted by Gasteiger charge is -2.17. The van der Waals surface area contributed by atoms with Crippen LogP contribution in [0.1, 0.15) is 29.8 Å². The Morgan fingerprint density at radius 1 is 1.32 bits per heavy atom. The molecule has 0 amide bonds. The van der Waals surface area contributed by atoms with Crippen molar-refractivity contribution in [2.75, 3.05) is 6.54 Å². The molecule has 0 bridgehead atoms. The Kier molecular flexibility index (Phi) is 5.37. The first-order valence-corrected chi connectivity index (χ1v) is 7.61. The lowest BCUT2D eigenvalue weighted by atomic mass is 10.0. The Balaban J connectivity index is 2.13. The Hall–Kier alpha value is -0.900. The number of nitrogens with one attached hydrogen (secondary N) is 1. The van der Waals surface area contributed by atoms with Gasteiger partial charge >= 0.3 is 0 Å². The van der Waals surface area contributed by atoms with Gasteiger partial charge in [-0.2, -0.15) is 0 Å². The summed E-state index contributed by atoms with van der Waals surface area (Å²) in [7, 11) is 0. The van der Waals surface area contributed by atoms with E-state index in [0.29, 0.717) is 0 Å². The second-order valence-electron chi connectivity index (χ2n) is 4.48. The van der Waals surface area contributed by atoms with Gasteiger partial charge in [0.15, 0.2) is 0 Å². The number of halogens is 2. The normalized spacial score (nSPS) is 12.6. The Morgan fingerprint density at radius 2 is 2.16 bits per heavy atom. The molecule has 19 heavy (non-hydrogen) atoms. The lowest BCUT2D eigenvalue weighted by molar-refractivity contribution is 0.534. The van der Waals surface area contributed by atoms with Crippen molar-refractivity contribution >= 4 is 22.9 Å². The highest BCUT2D eigenvalue weighted by Crippen LogP contribution is 2.29. The minimum atomic E-state index is -0.184. The molecular weight excluding hydrogens is 281 g/mol. The summed E-state index contributed by atoms with van der Waals surface area (Å²) in [5.41, 5.74) is 0.998. The highest BCUT2D eigenvalue weighted by Gasteiger charge is 2.14. The molecule has 1 N–H and O–H groups in total. The average molecular weight is 298 g/mol. The van der Waals surface area contributed by atoms with Gasteiger partial charge in [-0.15, -0.1) is 11.3 Å². The average Bonchev–Trinajstić information content (AvgIpc) is 2.81. The molecule has 0 fully saturated rings. The third-order valence-electron chi connectivity index (χ3n) is 2.91. The van der Waals surface area contributed by atoms with Crippen molar-refractivity contribution in [2.45, 2.75) is 25.8 Å². The van der Waals surface area contributed by atoms with Crippen LogP contribution in [0.4, 0.5) is 4.39 Å². The first kappa shape index (κ1) is 14.5. The maximum atomic E-state index is 13.2. The van der Waals surface area contributed by atoms with Gasteiger partial charge in [0.05, 0.1) is 4.34 Å². The van der Waals surface area contributed by atoms with Crippen molar-refractivity contribution < 1.29 is 4.39 Å². The molecule has 0 aliphatic carbocycles. The second kappa shape index (κ2) is 7.04. The van der Waals surface area contributed by atoms with E-state index >= 15 is 0 Å². The topological polar surface area (TPSA) is 12.0 Å². The van der Waals surface area contributed by atoms with Gasteiger partial charge in [-0.25, -0.2) is 4.39 Å². The van der Waals surface area contributed by atoms with Crippen LogP contribution >= 0.6 is 22.9 Å². The van der Waals surface area contributed by atoms with Gasteiger partial charge in [0.25, 0.3) is 0 Å². The van der Waals surface area contributed by atoms with Crippen LogP contribution < -0.4 is 5.32 Å². The maximum Gasteiger partial charge on any atom is 0.123 e. The molecule has 1 nitrogen and oxygen atoms in total.